The Morgan fingerprint density at radius 1 is 1.40 bits per heavy atom. The predicted octanol–water partition coefficient (Wildman–Crippen LogP) is 2.14. The lowest BCUT2D eigenvalue weighted by molar-refractivity contribution is 0.333. The van der Waals surface area contributed by atoms with Gasteiger partial charge in [-0.3, -0.25) is 0 Å². The van der Waals surface area contributed by atoms with Crippen molar-refractivity contribution in [2.75, 3.05) is 33.7 Å². The molecule has 86 valence electrons. The molecule has 0 bridgehead atoms. The first-order valence-corrected chi connectivity index (χ1v) is 6.48. The molecule has 15 heavy (non-hydrogen) atoms. The first kappa shape index (κ1) is 12.7. The van der Waals surface area contributed by atoms with Gasteiger partial charge >= 0.3 is 0 Å². The molecule has 0 radical (unpaired) electrons. The molecule has 0 spiro atoms. The molecule has 0 unspecified atom stereocenters. The van der Waals surface area contributed by atoms with Crippen LogP contribution in [0, 0.1) is 6.92 Å². The average Bonchev–Trinajstić information content (AvgIpc) is 2.61. The second kappa shape index (κ2) is 6.99. The fourth-order valence-corrected chi connectivity index (χ4v) is 2.49. The molecule has 2 nitrogen and oxygen atoms in total. The van der Waals surface area contributed by atoms with E-state index in [-0.39, 0.29) is 0 Å². The molecule has 0 saturated carbocycles. The molecule has 0 amide bonds. The van der Waals surface area contributed by atoms with Gasteiger partial charge in [-0.05, 0) is 64.0 Å². The van der Waals surface area contributed by atoms with Gasteiger partial charge in [0.15, 0.2) is 0 Å². The predicted molar refractivity (Wildman–Crippen MR) is 68.8 cm³/mol. The largest absolute Gasteiger partial charge is 0.320 e. The van der Waals surface area contributed by atoms with Crippen molar-refractivity contribution in [1.29, 1.82) is 0 Å². The molecule has 0 atom stereocenters. The van der Waals surface area contributed by atoms with Crippen LogP contribution in [-0.2, 0) is 6.42 Å². The molecule has 0 fully saturated rings. The van der Waals surface area contributed by atoms with Crippen molar-refractivity contribution in [3.8, 4) is 0 Å². The van der Waals surface area contributed by atoms with Gasteiger partial charge in [-0.2, -0.15) is 0 Å². The van der Waals surface area contributed by atoms with E-state index in [9.17, 15) is 0 Å². The summed E-state index contributed by atoms with van der Waals surface area (Å²) in [5.41, 5.74) is 1.45. The van der Waals surface area contributed by atoms with Gasteiger partial charge < -0.3 is 10.2 Å². The lowest BCUT2D eigenvalue weighted by atomic mass is 10.2. The summed E-state index contributed by atoms with van der Waals surface area (Å²) >= 11 is 1.88. The number of nitrogens with zero attached hydrogens (tertiary/aromatic N) is 1. The van der Waals surface area contributed by atoms with E-state index in [0.29, 0.717) is 0 Å². The first-order valence-electron chi connectivity index (χ1n) is 5.60. The minimum absolute atomic E-state index is 1.11. The molecule has 0 aliphatic heterocycles. The Kier molecular flexibility index (Phi) is 5.91. The van der Waals surface area contributed by atoms with E-state index in [2.05, 4.69) is 35.6 Å². The van der Waals surface area contributed by atoms with Crippen LogP contribution in [0.3, 0.4) is 0 Å². The van der Waals surface area contributed by atoms with Gasteiger partial charge in [-0.15, -0.1) is 11.3 Å². The van der Waals surface area contributed by atoms with E-state index in [1.54, 1.807) is 0 Å². The summed E-state index contributed by atoms with van der Waals surface area (Å²) in [6.07, 6.45) is 2.43. The van der Waals surface area contributed by atoms with E-state index >= 15 is 0 Å². The van der Waals surface area contributed by atoms with Crippen LogP contribution >= 0.6 is 11.3 Å². The lowest BCUT2D eigenvalue weighted by Crippen LogP contribution is -2.24. The molecule has 1 heterocycles. The van der Waals surface area contributed by atoms with Crippen molar-refractivity contribution in [3.05, 3.63) is 21.9 Å². The zero-order chi connectivity index (χ0) is 11.1. The van der Waals surface area contributed by atoms with Crippen molar-refractivity contribution in [2.24, 2.45) is 0 Å². The highest BCUT2D eigenvalue weighted by Crippen LogP contribution is 2.16. The van der Waals surface area contributed by atoms with Gasteiger partial charge in [0.1, 0.15) is 0 Å². The zero-order valence-corrected chi connectivity index (χ0v) is 10.9. The standard InChI is InChI=1S/C12H22N2S/c1-11-6-10-15-12(11)5-9-14(3)8-4-7-13-2/h6,10,13H,4-5,7-9H2,1-3H3. The van der Waals surface area contributed by atoms with Crippen LogP contribution in [0.1, 0.15) is 16.9 Å². The van der Waals surface area contributed by atoms with Crippen LogP contribution in [0.25, 0.3) is 0 Å². The Balaban J connectivity index is 2.16. The monoisotopic (exact) mass is 226 g/mol. The summed E-state index contributed by atoms with van der Waals surface area (Å²) in [4.78, 5) is 3.95. The number of thiophene rings is 1. The third-order valence-corrected chi connectivity index (χ3v) is 3.74. The second-order valence-corrected chi connectivity index (χ2v) is 5.04. The smallest absolute Gasteiger partial charge is 0.00871 e. The summed E-state index contributed by atoms with van der Waals surface area (Å²) in [5.74, 6) is 0. The van der Waals surface area contributed by atoms with E-state index in [1.165, 1.54) is 36.4 Å². The minimum Gasteiger partial charge on any atom is -0.320 e. The Morgan fingerprint density at radius 2 is 2.20 bits per heavy atom. The molecule has 1 aromatic rings. The van der Waals surface area contributed by atoms with Gasteiger partial charge in [0.2, 0.25) is 0 Å². The SMILES string of the molecule is CNCCCN(C)CCc1sccc1C. The molecule has 1 N–H and O–H groups in total. The third-order valence-electron chi connectivity index (χ3n) is 2.66. The molecule has 0 aliphatic rings. The second-order valence-electron chi connectivity index (χ2n) is 4.04. The van der Waals surface area contributed by atoms with Crippen LogP contribution in [0.5, 0.6) is 0 Å². The van der Waals surface area contributed by atoms with Crippen molar-refractivity contribution in [3.63, 3.8) is 0 Å². The van der Waals surface area contributed by atoms with Crippen LogP contribution in [0.15, 0.2) is 11.4 Å². The van der Waals surface area contributed by atoms with Gasteiger partial charge in [0.05, 0.1) is 0 Å². The number of hydrogen-bond donors (Lipinski definition) is 1. The summed E-state index contributed by atoms with van der Waals surface area (Å²) in [7, 11) is 4.22. The number of likely N-dealkylation sites (N-methyl/N-ethyl adjacent to an activating group) is 1. The summed E-state index contributed by atoms with van der Waals surface area (Å²) < 4.78 is 0. The molecular formula is C12H22N2S. The number of aryl methyl sites for hydroxylation is 1. The number of nitrogens with one attached hydrogen (secondary N) is 1. The van der Waals surface area contributed by atoms with Gasteiger partial charge in [-0.25, -0.2) is 0 Å². The van der Waals surface area contributed by atoms with Crippen LogP contribution < -0.4 is 5.32 Å². The van der Waals surface area contributed by atoms with Crippen molar-refractivity contribution >= 4 is 11.3 Å². The maximum atomic E-state index is 3.18. The molecule has 0 aromatic carbocycles. The highest BCUT2D eigenvalue weighted by Gasteiger charge is 2.02. The van der Waals surface area contributed by atoms with Crippen LogP contribution in [0.4, 0.5) is 0 Å². The van der Waals surface area contributed by atoms with Crippen molar-refractivity contribution in [2.45, 2.75) is 19.8 Å². The van der Waals surface area contributed by atoms with E-state index in [0.717, 1.165) is 6.54 Å². The lowest BCUT2D eigenvalue weighted by Gasteiger charge is -2.15. The van der Waals surface area contributed by atoms with E-state index in [1.807, 2.05) is 18.4 Å². The van der Waals surface area contributed by atoms with Crippen molar-refractivity contribution in [1.82, 2.24) is 10.2 Å². The van der Waals surface area contributed by atoms with Gasteiger partial charge in [-0.1, -0.05) is 0 Å². The Hall–Kier alpha value is -0.380. The minimum atomic E-state index is 1.11. The molecule has 3 heteroatoms. The summed E-state index contributed by atoms with van der Waals surface area (Å²) in [6, 6.07) is 2.21. The normalized spacial score (nSPS) is 11.2. The molecule has 1 aromatic heterocycles. The molecule has 0 aliphatic carbocycles. The topological polar surface area (TPSA) is 15.3 Å². The highest BCUT2D eigenvalue weighted by atomic mass is 32.1. The molecular weight excluding hydrogens is 204 g/mol. The Morgan fingerprint density at radius 3 is 2.80 bits per heavy atom. The summed E-state index contributed by atoms with van der Waals surface area (Å²) in [6.45, 7) is 5.67. The quantitative estimate of drug-likeness (QED) is 0.717. The van der Waals surface area contributed by atoms with E-state index in [4.69, 9.17) is 0 Å². The third kappa shape index (κ3) is 4.78. The maximum absolute atomic E-state index is 3.18. The molecule has 0 saturated heterocycles. The van der Waals surface area contributed by atoms with Crippen molar-refractivity contribution < 1.29 is 0 Å². The van der Waals surface area contributed by atoms with Crippen LogP contribution in [0.2, 0.25) is 0 Å². The zero-order valence-electron chi connectivity index (χ0n) is 10.0. The maximum Gasteiger partial charge on any atom is 0.00871 e. The van der Waals surface area contributed by atoms with Gasteiger partial charge in [0.25, 0.3) is 0 Å². The van der Waals surface area contributed by atoms with Crippen LogP contribution in [-0.4, -0.2) is 38.6 Å². The fraction of sp³-hybridized carbons (Fsp3) is 0.667. The molecule has 1 rings (SSSR count). The number of rotatable bonds is 7. The number of hydrogen-bond acceptors (Lipinski definition) is 3. The van der Waals surface area contributed by atoms with E-state index < -0.39 is 0 Å². The Bertz CT molecular complexity index is 270. The first-order chi connectivity index (χ1) is 7.24. The summed E-state index contributed by atoms with van der Waals surface area (Å²) in [5, 5.41) is 5.36. The highest BCUT2D eigenvalue weighted by molar-refractivity contribution is 7.10. The Labute approximate surface area is 97.3 Å². The average molecular weight is 226 g/mol. The fourth-order valence-electron chi connectivity index (χ4n) is 1.59. The van der Waals surface area contributed by atoms with Gasteiger partial charge in [0, 0.05) is 11.4 Å².